The van der Waals surface area contributed by atoms with E-state index in [0.29, 0.717) is 5.56 Å². The van der Waals surface area contributed by atoms with Crippen molar-refractivity contribution in [3.63, 3.8) is 0 Å². The van der Waals surface area contributed by atoms with Gasteiger partial charge in [0, 0.05) is 26.9 Å². The predicted octanol–water partition coefficient (Wildman–Crippen LogP) is 5.88. The summed E-state index contributed by atoms with van der Waals surface area (Å²) in [6, 6.07) is 24.9. The number of benzene rings is 3. The molecule has 3 aromatic carbocycles. The number of hydrogen-bond acceptors (Lipinski definition) is 2. The first-order chi connectivity index (χ1) is 11.7. The van der Waals surface area contributed by atoms with Gasteiger partial charge >= 0.3 is 0 Å². The van der Waals surface area contributed by atoms with Gasteiger partial charge in [-0.05, 0) is 54.1 Å². The largest absolute Gasteiger partial charge is 0.322 e. The lowest BCUT2D eigenvalue weighted by molar-refractivity contribution is 0.102. The number of carbonyl (C=O) groups is 1. The summed E-state index contributed by atoms with van der Waals surface area (Å²) in [5.74, 6) is 0.750. The van der Waals surface area contributed by atoms with Gasteiger partial charge in [0.2, 0.25) is 0 Å². The minimum atomic E-state index is -0.0990. The topological polar surface area (TPSA) is 29.1 Å². The molecule has 0 heterocycles. The quantitative estimate of drug-likeness (QED) is 0.580. The van der Waals surface area contributed by atoms with Crippen LogP contribution in [-0.2, 0) is 5.75 Å². The van der Waals surface area contributed by atoms with Crippen molar-refractivity contribution in [1.82, 2.24) is 0 Å². The highest BCUT2D eigenvalue weighted by molar-refractivity contribution is 7.98. The highest BCUT2D eigenvalue weighted by Gasteiger charge is 2.06. The van der Waals surface area contributed by atoms with Gasteiger partial charge in [0.1, 0.15) is 0 Å². The summed E-state index contributed by atoms with van der Waals surface area (Å²) in [6.07, 6.45) is 0. The van der Waals surface area contributed by atoms with Crippen LogP contribution in [0, 0.1) is 0 Å². The Kier molecular flexibility index (Phi) is 5.57. The van der Waals surface area contributed by atoms with E-state index in [2.05, 4.69) is 5.32 Å². The molecule has 0 aromatic heterocycles. The van der Waals surface area contributed by atoms with Gasteiger partial charge in [-0.15, -0.1) is 11.8 Å². The molecule has 0 aliphatic carbocycles. The third-order valence-electron chi connectivity index (χ3n) is 3.47. The fourth-order valence-electron chi connectivity index (χ4n) is 2.17. The number of rotatable bonds is 5. The van der Waals surface area contributed by atoms with Gasteiger partial charge in [0.05, 0.1) is 0 Å². The SMILES string of the molecule is O=C(Nc1ccccc1)c1ccc(CSc2ccc(Cl)cc2)cc1. The monoisotopic (exact) mass is 353 g/mol. The number of halogens is 1. The number of hydrogen-bond donors (Lipinski definition) is 1. The zero-order chi connectivity index (χ0) is 16.8. The van der Waals surface area contributed by atoms with E-state index in [-0.39, 0.29) is 5.91 Å². The lowest BCUT2D eigenvalue weighted by atomic mass is 10.1. The maximum Gasteiger partial charge on any atom is 0.255 e. The molecule has 0 spiro atoms. The van der Waals surface area contributed by atoms with Crippen LogP contribution < -0.4 is 5.32 Å². The molecule has 0 fully saturated rings. The number of amides is 1. The fourth-order valence-corrected chi connectivity index (χ4v) is 3.15. The van der Waals surface area contributed by atoms with Crippen molar-refractivity contribution in [3.05, 3.63) is 95.0 Å². The van der Waals surface area contributed by atoms with Crippen molar-refractivity contribution in [2.75, 3.05) is 5.32 Å². The van der Waals surface area contributed by atoms with Crippen molar-refractivity contribution in [2.24, 2.45) is 0 Å². The number of nitrogens with one attached hydrogen (secondary N) is 1. The Hall–Kier alpha value is -2.23. The standard InChI is InChI=1S/C20H16ClNOS/c21-17-10-12-19(13-11-17)24-14-15-6-8-16(9-7-15)20(23)22-18-4-2-1-3-5-18/h1-13H,14H2,(H,22,23). The van der Waals surface area contributed by atoms with Crippen LogP contribution in [0.2, 0.25) is 5.02 Å². The highest BCUT2D eigenvalue weighted by atomic mass is 35.5. The molecule has 3 rings (SSSR count). The summed E-state index contributed by atoms with van der Waals surface area (Å²) >= 11 is 7.63. The molecule has 0 saturated carbocycles. The van der Waals surface area contributed by atoms with Crippen molar-refractivity contribution >= 4 is 35.0 Å². The minimum Gasteiger partial charge on any atom is -0.322 e. The summed E-state index contributed by atoms with van der Waals surface area (Å²) < 4.78 is 0. The van der Waals surface area contributed by atoms with Crippen LogP contribution in [0.3, 0.4) is 0 Å². The summed E-state index contributed by atoms with van der Waals surface area (Å²) in [6.45, 7) is 0. The second-order valence-electron chi connectivity index (χ2n) is 5.26. The van der Waals surface area contributed by atoms with E-state index in [1.807, 2.05) is 78.9 Å². The van der Waals surface area contributed by atoms with E-state index in [9.17, 15) is 4.79 Å². The molecule has 3 aromatic rings. The van der Waals surface area contributed by atoms with Crippen LogP contribution >= 0.6 is 23.4 Å². The van der Waals surface area contributed by atoms with Crippen LogP contribution in [0.25, 0.3) is 0 Å². The molecule has 0 bridgehead atoms. The van der Waals surface area contributed by atoms with Crippen LogP contribution in [0.1, 0.15) is 15.9 Å². The molecule has 1 N–H and O–H groups in total. The molecule has 2 nitrogen and oxygen atoms in total. The van der Waals surface area contributed by atoms with Gasteiger partial charge in [-0.2, -0.15) is 0 Å². The van der Waals surface area contributed by atoms with Crippen LogP contribution in [0.5, 0.6) is 0 Å². The second kappa shape index (κ2) is 8.04. The first-order valence-electron chi connectivity index (χ1n) is 7.54. The van der Waals surface area contributed by atoms with Crippen molar-refractivity contribution in [1.29, 1.82) is 0 Å². The number of thioether (sulfide) groups is 1. The van der Waals surface area contributed by atoms with E-state index in [1.54, 1.807) is 11.8 Å². The Labute approximate surface area is 150 Å². The predicted molar refractivity (Wildman–Crippen MR) is 102 cm³/mol. The van der Waals surface area contributed by atoms with Crippen LogP contribution in [-0.4, -0.2) is 5.91 Å². The van der Waals surface area contributed by atoms with E-state index in [4.69, 9.17) is 11.6 Å². The smallest absolute Gasteiger partial charge is 0.255 e. The summed E-state index contributed by atoms with van der Waals surface area (Å²) in [4.78, 5) is 13.4. The van der Waals surface area contributed by atoms with Gasteiger partial charge in [0.15, 0.2) is 0 Å². The fraction of sp³-hybridized carbons (Fsp3) is 0.0500. The van der Waals surface area contributed by atoms with Gasteiger partial charge in [-0.3, -0.25) is 4.79 Å². The van der Waals surface area contributed by atoms with Crippen molar-refractivity contribution in [3.8, 4) is 0 Å². The highest BCUT2D eigenvalue weighted by Crippen LogP contribution is 2.24. The molecule has 0 aliphatic heterocycles. The van der Waals surface area contributed by atoms with Gasteiger partial charge < -0.3 is 5.32 Å². The molecule has 0 saturated heterocycles. The molecular formula is C20H16ClNOS. The summed E-state index contributed by atoms with van der Waals surface area (Å²) in [5, 5.41) is 3.63. The lowest BCUT2D eigenvalue weighted by Gasteiger charge is -2.06. The van der Waals surface area contributed by atoms with Gasteiger partial charge in [-0.25, -0.2) is 0 Å². The molecule has 0 atom stereocenters. The van der Waals surface area contributed by atoms with Crippen molar-refractivity contribution in [2.45, 2.75) is 10.6 Å². The van der Waals surface area contributed by atoms with E-state index < -0.39 is 0 Å². The number of carbonyl (C=O) groups excluding carboxylic acids is 1. The number of anilines is 1. The van der Waals surface area contributed by atoms with E-state index >= 15 is 0 Å². The number of para-hydroxylation sites is 1. The molecule has 0 aliphatic rings. The van der Waals surface area contributed by atoms with Crippen LogP contribution in [0.4, 0.5) is 5.69 Å². The maximum atomic E-state index is 12.2. The average Bonchev–Trinajstić information content (AvgIpc) is 2.62. The Bertz CT molecular complexity index is 801. The molecule has 1 amide bonds. The zero-order valence-electron chi connectivity index (χ0n) is 12.9. The molecular weight excluding hydrogens is 338 g/mol. The molecule has 0 unspecified atom stereocenters. The molecule has 4 heteroatoms. The third-order valence-corrected chi connectivity index (χ3v) is 4.80. The molecule has 24 heavy (non-hydrogen) atoms. The van der Waals surface area contributed by atoms with Crippen LogP contribution in [0.15, 0.2) is 83.8 Å². The Morgan fingerprint density at radius 1 is 0.875 bits per heavy atom. The zero-order valence-corrected chi connectivity index (χ0v) is 14.5. The lowest BCUT2D eigenvalue weighted by Crippen LogP contribution is -2.11. The van der Waals surface area contributed by atoms with Gasteiger partial charge in [-0.1, -0.05) is 41.9 Å². The first kappa shape index (κ1) is 16.6. The maximum absolute atomic E-state index is 12.2. The van der Waals surface area contributed by atoms with Gasteiger partial charge in [0.25, 0.3) is 5.91 Å². The minimum absolute atomic E-state index is 0.0990. The Morgan fingerprint density at radius 3 is 2.21 bits per heavy atom. The second-order valence-corrected chi connectivity index (χ2v) is 6.74. The molecule has 0 radical (unpaired) electrons. The van der Waals surface area contributed by atoms with E-state index in [1.165, 1.54) is 10.5 Å². The summed E-state index contributed by atoms with van der Waals surface area (Å²) in [7, 11) is 0. The normalized spacial score (nSPS) is 10.4. The Morgan fingerprint density at radius 2 is 1.54 bits per heavy atom. The van der Waals surface area contributed by atoms with Crippen molar-refractivity contribution < 1.29 is 4.79 Å². The average molecular weight is 354 g/mol. The molecule has 120 valence electrons. The third kappa shape index (κ3) is 4.63. The first-order valence-corrected chi connectivity index (χ1v) is 8.91. The van der Waals surface area contributed by atoms with E-state index in [0.717, 1.165) is 16.5 Å². The Balaban J connectivity index is 1.58. The summed E-state index contributed by atoms with van der Waals surface area (Å²) in [5.41, 5.74) is 2.62.